The zero-order chi connectivity index (χ0) is 14.9. The van der Waals surface area contributed by atoms with Crippen molar-refractivity contribution in [3.05, 3.63) is 34.4 Å². The van der Waals surface area contributed by atoms with Gasteiger partial charge in [0.15, 0.2) is 0 Å². The summed E-state index contributed by atoms with van der Waals surface area (Å²) < 4.78 is 0. The molecule has 2 nitrogen and oxygen atoms in total. The highest BCUT2D eigenvalue weighted by atomic mass is 16.4. The van der Waals surface area contributed by atoms with Gasteiger partial charge in [0.25, 0.3) is 0 Å². The van der Waals surface area contributed by atoms with Gasteiger partial charge in [0.05, 0.1) is 5.41 Å². The highest BCUT2D eigenvalue weighted by molar-refractivity contribution is 5.82. The number of fused-ring (bicyclic) bond motifs is 1. The molecular weight excluding hydrogens is 248 g/mol. The maximum atomic E-state index is 11.7. The molecule has 0 fully saturated rings. The van der Waals surface area contributed by atoms with Crippen LogP contribution in [0.25, 0.3) is 0 Å². The normalized spacial score (nSPS) is 21.9. The van der Waals surface area contributed by atoms with Crippen LogP contribution in [0.15, 0.2) is 12.1 Å². The number of hydrogen-bond donors (Lipinski definition) is 1. The minimum Gasteiger partial charge on any atom is -0.481 e. The van der Waals surface area contributed by atoms with Gasteiger partial charge in [0.1, 0.15) is 0 Å². The molecule has 1 aromatic rings. The minimum atomic E-state index is -0.701. The zero-order valence-corrected chi connectivity index (χ0v) is 13.1. The number of hydrogen-bond acceptors (Lipinski definition) is 1. The van der Waals surface area contributed by atoms with Crippen LogP contribution in [0.4, 0.5) is 0 Å². The van der Waals surface area contributed by atoms with Crippen LogP contribution in [0.1, 0.15) is 62.3 Å². The van der Waals surface area contributed by atoms with Gasteiger partial charge in [0.2, 0.25) is 0 Å². The van der Waals surface area contributed by atoms with Gasteiger partial charge in [-0.15, -0.1) is 0 Å². The second-order valence-electron chi connectivity index (χ2n) is 6.81. The Morgan fingerprint density at radius 1 is 1.40 bits per heavy atom. The van der Waals surface area contributed by atoms with Gasteiger partial charge in [-0.25, -0.2) is 0 Å². The monoisotopic (exact) mass is 274 g/mol. The summed E-state index contributed by atoms with van der Waals surface area (Å²) in [5, 5.41) is 9.62. The molecule has 110 valence electrons. The summed E-state index contributed by atoms with van der Waals surface area (Å²) in [7, 11) is 0. The van der Waals surface area contributed by atoms with Crippen LogP contribution in [0, 0.1) is 12.8 Å². The molecule has 1 aromatic carbocycles. The van der Waals surface area contributed by atoms with Gasteiger partial charge >= 0.3 is 5.97 Å². The largest absolute Gasteiger partial charge is 0.481 e. The average molecular weight is 274 g/mol. The van der Waals surface area contributed by atoms with Gasteiger partial charge in [-0.05, 0) is 74.1 Å². The van der Waals surface area contributed by atoms with Crippen molar-refractivity contribution in [2.75, 3.05) is 0 Å². The second-order valence-corrected chi connectivity index (χ2v) is 6.81. The summed E-state index contributed by atoms with van der Waals surface area (Å²) in [6.45, 7) is 8.52. The standard InChI is InChI=1S/C18H26O2/c1-12(2)7-9-14-13(3)8-10-16-15(14)6-5-11-18(16,4)17(19)20/h8,10,12H,5-7,9,11H2,1-4H3,(H,19,20)/t18-/m1/s1. The van der Waals surface area contributed by atoms with Gasteiger partial charge in [0, 0.05) is 0 Å². The third-order valence-corrected chi connectivity index (χ3v) is 4.81. The molecule has 0 amide bonds. The van der Waals surface area contributed by atoms with Crippen molar-refractivity contribution in [1.29, 1.82) is 0 Å². The SMILES string of the molecule is Cc1ccc2c(c1CCC(C)C)CCC[C@@]2(C)C(=O)O. The van der Waals surface area contributed by atoms with E-state index in [9.17, 15) is 9.90 Å². The Labute approximate surface area is 122 Å². The van der Waals surface area contributed by atoms with Crippen molar-refractivity contribution in [2.24, 2.45) is 5.92 Å². The van der Waals surface area contributed by atoms with E-state index in [0.29, 0.717) is 5.92 Å². The lowest BCUT2D eigenvalue weighted by Crippen LogP contribution is -2.36. The first kappa shape index (κ1) is 15.1. The van der Waals surface area contributed by atoms with Gasteiger partial charge < -0.3 is 5.11 Å². The Morgan fingerprint density at radius 2 is 2.10 bits per heavy atom. The van der Waals surface area contributed by atoms with Crippen LogP contribution >= 0.6 is 0 Å². The van der Waals surface area contributed by atoms with E-state index in [0.717, 1.165) is 31.2 Å². The molecule has 2 heteroatoms. The third kappa shape index (κ3) is 2.61. The fourth-order valence-electron chi connectivity index (χ4n) is 3.37. The highest BCUT2D eigenvalue weighted by Gasteiger charge is 2.39. The second kappa shape index (κ2) is 5.59. The van der Waals surface area contributed by atoms with Crippen molar-refractivity contribution in [1.82, 2.24) is 0 Å². The van der Waals surface area contributed by atoms with E-state index < -0.39 is 11.4 Å². The Balaban J connectivity index is 2.48. The minimum absolute atomic E-state index is 0.680. The first-order valence-corrected chi connectivity index (χ1v) is 7.71. The third-order valence-electron chi connectivity index (χ3n) is 4.81. The lowest BCUT2D eigenvalue weighted by Gasteiger charge is -2.34. The molecule has 0 saturated heterocycles. The molecule has 2 rings (SSSR count). The first-order valence-electron chi connectivity index (χ1n) is 7.71. The van der Waals surface area contributed by atoms with E-state index in [1.165, 1.54) is 23.1 Å². The number of benzene rings is 1. The van der Waals surface area contributed by atoms with Gasteiger partial charge in [-0.3, -0.25) is 4.79 Å². The van der Waals surface area contributed by atoms with Crippen molar-refractivity contribution < 1.29 is 9.90 Å². The maximum Gasteiger partial charge on any atom is 0.313 e. The van der Waals surface area contributed by atoms with E-state index in [1.54, 1.807) is 0 Å². The lowest BCUT2D eigenvalue weighted by molar-refractivity contribution is -0.143. The molecule has 0 spiro atoms. The molecule has 0 aliphatic heterocycles. The number of carbonyl (C=O) groups is 1. The topological polar surface area (TPSA) is 37.3 Å². The molecule has 1 atom stereocenters. The zero-order valence-electron chi connectivity index (χ0n) is 13.1. The van der Waals surface area contributed by atoms with Gasteiger partial charge in [-0.1, -0.05) is 26.0 Å². The molecule has 0 heterocycles. The number of carboxylic acids is 1. The Bertz CT molecular complexity index is 516. The Kier molecular flexibility index (Phi) is 4.22. The number of aliphatic carboxylic acids is 1. The quantitative estimate of drug-likeness (QED) is 0.890. The predicted octanol–water partition coefficient (Wildman–Crippen LogP) is 4.26. The van der Waals surface area contributed by atoms with E-state index >= 15 is 0 Å². The molecule has 0 aromatic heterocycles. The maximum absolute atomic E-state index is 11.7. The number of rotatable bonds is 4. The average Bonchev–Trinajstić information content (AvgIpc) is 2.37. The van der Waals surface area contributed by atoms with Crippen LogP contribution < -0.4 is 0 Å². The molecule has 0 bridgehead atoms. The molecule has 1 aliphatic carbocycles. The van der Waals surface area contributed by atoms with E-state index in [2.05, 4.69) is 32.9 Å². The van der Waals surface area contributed by atoms with Crippen LogP contribution in [0.2, 0.25) is 0 Å². The summed E-state index contributed by atoms with van der Waals surface area (Å²) in [6.07, 6.45) is 5.01. The summed E-state index contributed by atoms with van der Waals surface area (Å²) >= 11 is 0. The molecule has 1 aliphatic rings. The first-order chi connectivity index (χ1) is 9.36. The van der Waals surface area contributed by atoms with E-state index in [4.69, 9.17) is 0 Å². The molecule has 0 radical (unpaired) electrons. The predicted molar refractivity (Wildman–Crippen MR) is 82.3 cm³/mol. The molecular formula is C18H26O2. The Morgan fingerprint density at radius 3 is 2.70 bits per heavy atom. The fraction of sp³-hybridized carbons (Fsp3) is 0.611. The van der Waals surface area contributed by atoms with Crippen LogP contribution in [-0.4, -0.2) is 11.1 Å². The summed E-state index contributed by atoms with van der Waals surface area (Å²) in [5.74, 6) is -0.00295. The molecule has 1 N–H and O–H groups in total. The Hall–Kier alpha value is -1.31. The van der Waals surface area contributed by atoms with Crippen molar-refractivity contribution in [2.45, 2.75) is 65.2 Å². The van der Waals surface area contributed by atoms with Crippen molar-refractivity contribution in [3.8, 4) is 0 Å². The number of carboxylic acid groups (broad SMARTS) is 1. The van der Waals surface area contributed by atoms with Crippen molar-refractivity contribution in [3.63, 3.8) is 0 Å². The summed E-state index contributed by atoms with van der Waals surface area (Å²) in [6, 6.07) is 4.16. The molecule has 0 unspecified atom stereocenters. The molecule has 20 heavy (non-hydrogen) atoms. The van der Waals surface area contributed by atoms with Crippen LogP contribution in [0.5, 0.6) is 0 Å². The summed E-state index contributed by atoms with van der Waals surface area (Å²) in [5.41, 5.74) is 4.40. The van der Waals surface area contributed by atoms with E-state index in [1.807, 2.05) is 6.92 Å². The van der Waals surface area contributed by atoms with E-state index in [-0.39, 0.29) is 0 Å². The fourth-order valence-corrected chi connectivity index (χ4v) is 3.37. The molecule has 0 saturated carbocycles. The number of aryl methyl sites for hydroxylation is 1. The van der Waals surface area contributed by atoms with Crippen LogP contribution in [-0.2, 0) is 23.1 Å². The lowest BCUT2D eigenvalue weighted by atomic mass is 9.69. The smallest absolute Gasteiger partial charge is 0.313 e. The summed E-state index contributed by atoms with van der Waals surface area (Å²) in [4.78, 5) is 11.7. The van der Waals surface area contributed by atoms with Gasteiger partial charge in [-0.2, -0.15) is 0 Å². The van der Waals surface area contributed by atoms with Crippen LogP contribution in [0.3, 0.4) is 0 Å². The van der Waals surface area contributed by atoms with Crippen molar-refractivity contribution >= 4 is 5.97 Å². The highest BCUT2D eigenvalue weighted by Crippen LogP contribution is 2.40.